The summed E-state index contributed by atoms with van der Waals surface area (Å²) in [7, 11) is 0. The molecule has 1 fully saturated rings. The third kappa shape index (κ3) is 4.08. The molecule has 11 heteroatoms. The Morgan fingerprint density at radius 3 is 1.89 bits per heavy atom. The fourth-order valence-corrected chi connectivity index (χ4v) is 3.41. The Morgan fingerprint density at radius 2 is 1.39 bits per heavy atom. The molecule has 1 N–H and O–H groups in total. The molecule has 3 rings (SSSR count). The molecule has 2 amide bonds. The van der Waals surface area contributed by atoms with Gasteiger partial charge in [0.05, 0.1) is 16.8 Å². The number of anilines is 2. The van der Waals surface area contributed by atoms with Crippen molar-refractivity contribution >= 4 is 34.3 Å². The summed E-state index contributed by atoms with van der Waals surface area (Å²) in [6.07, 6.45) is -10.0. The Kier molecular flexibility index (Phi) is 5.04. The summed E-state index contributed by atoms with van der Waals surface area (Å²) in [6.45, 7) is 0. The molecule has 0 aliphatic carbocycles. The number of rotatable bonds is 3. The van der Waals surface area contributed by atoms with Gasteiger partial charge in [-0.25, -0.2) is 4.90 Å². The molecule has 1 heterocycles. The van der Waals surface area contributed by atoms with Crippen molar-refractivity contribution in [1.29, 1.82) is 0 Å². The molecule has 1 aliphatic heterocycles. The summed E-state index contributed by atoms with van der Waals surface area (Å²) < 4.78 is 77.7. The molecule has 0 aromatic heterocycles. The van der Waals surface area contributed by atoms with E-state index in [0.717, 1.165) is 4.90 Å². The monoisotopic (exact) mass is 420 g/mol. The second-order valence-electron chi connectivity index (χ2n) is 5.71. The summed E-state index contributed by atoms with van der Waals surface area (Å²) in [5.41, 5.74) is -3.37. The predicted molar refractivity (Wildman–Crippen MR) is 90.8 cm³/mol. The lowest BCUT2D eigenvalue weighted by atomic mass is 10.1. The third-order valence-corrected chi connectivity index (χ3v) is 4.69. The van der Waals surface area contributed by atoms with E-state index in [1.54, 1.807) is 18.2 Å². The van der Waals surface area contributed by atoms with Crippen LogP contribution in [-0.4, -0.2) is 16.5 Å². The second kappa shape index (κ2) is 7.04. The number of carbonyl (C=O) groups excluding carboxylic acids is 2. The normalized spacial score (nSPS) is 17.9. The highest BCUT2D eigenvalue weighted by molar-refractivity contribution is 8.16. The largest absolute Gasteiger partial charge is 0.416 e. The molecular formula is C17H10F6N2O2S. The molecule has 1 saturated heterocycles. The van der Waals surface area contributed by atoms with Crippen LogP contribution in [0.25, 0.3) is 0 Å². The Balaban J connectivity index is 1.91. The second-order valence-corrected chi connectivity index (χ2v) is 6.77. The van der Waals surface area contributed by atoms with E-state index in [-0.39, 0.29) is 11.8 Å². The van der Waals surface area contributed by atoms with Gasteiger partial charge >= 0.3 is 12.4 Å². The summed E-state index contributed by atoms with van der Waals surface area (Å²) in [5.74, 6) is -0.799. The van der Waals surface area contributed by atoms with E-state index >= 15 is 0 Å². The van der Waals surface area contributed by atoms with Gasteiger partial charge in [0.2, 0.25) is 0 Å². The van der Waals surface area contributed by atoms with Crippen LogP contribution in [0.5, 0.6) is 0 Å². The molecule has 4 nitrogen and oxygen atoms in total. The molecule has 0 saturated carbocycles. The molecule has 148 valence electrons. The molecule has 0 bridgehead atoms. The number of hydrogen-bond acceptors (Lipinski definition) is 4. The number of nitrogens with zero attached hydrogens (tertiary/aromatic N) is 1. The van der Waals surface area contributed by atoms with Gasteiger partial charge in [0.15, 0.2) is 5.37 Å². The van der Waals surface area contributed by atoms with E-state index in [4.69, 9.17) is 0 Å². The van der Waals surface area contributed by atoms with Crippen molar-refractivity contribution in [1.82, 2.24) is 0 Å². The van der Waals surface area contributed by atoms with Crippen LogP contribution >= 0.6 is 11.8 Å². The topological polar surface area (TPSA) is 49.4 Å². The van der Waals surface area contributed by atoms with Crippen LogP contribution in [0.1, 0.15) is 11.1 Å². The average Bonchev–Trinajstić information content (AvgIpc) is 2.87. The van der Waals surface area contributed by atoms with E-state index in [0.29, 0.717) is 23.9 Å². The van der Waals surface area contributed by atoms with Gasteiger partial charge in [-0.3, -0.25) is 9.59 Å². The molecule has 2 aromatic carbocycles. The van der Waals surface area contributed by atoms with E-state index < -0.39 is 45.7 Å². The average molecular weight is 420 g/mol. The fourth-order valence-electron chi connectivity index (χ4n) is 2.50. The van der Waals surface area contributed by atoms with Crippen molar-refractivity contribution in [3.05, 3.63) is 59.7 Å². The molecule has 1 aliphatic rings. The number of nitrogens with one attached hydrogen (secondary N) is 1. The van der Waals surface area contributed by atoms with E-state index in [1.807, 2.05) is 0 Å². The summed E-state index contributed by atoms with van der Waals surface area (Å²) in [5, 5.41) is 0.236. The van der Waals surface area contributed by atoms with E-state index in [9.17, 15) is 35.9 Å². The Hall–Kier alpha value is -2.69. The molecule has 2 aromatic rings. The van der Waals surface area contributed by atoms with Crippen molar-refractivity contribution in [2.24, 2.45) is 0 Å². The zero-order chi connectivity index (χ0) is 20.7. The first-order valence-electron chi connectivity index (χ1n) is 7.62. The summed E-state index contributed by atoms with van der Waals surface area (Å²) in [4.78, 5) is 25.4. The number of para-hydroxylation sites is 1. The first kappa shape index (κ1) is 20.1. The lowest BCUT2D eigenvalue weighted by Crippen LogP contribution is -2.34. The lowest BCUT2D eigenvalue weighted by Gasteiger charge is -2.17. The first-order valence-corrected chi connectivity index (χ1v) is 8.50. The minimum atomic E-state index is -5.02. The van der Waals surface area contributed by atoms with Crippen LogP contribution in [0.4, 0.5) is 42.5 Å². The Bertz CT molecular complexity index is 882. The highest BCUT2D eigenvalue weighted by Gasteiger charge is 2.42. The molecule has 0 radical (unpaired) electrons. The van der Waals surface area contributed by atoms with Gasteiger partial charge < -0.3 is 5.32 Å². The molecule has 0 spiro atoms. The van der Waals surface area contributed by atoms with Gasteiger partial charge in [-0.15, -0.1) is 0 Å². The molecule has 1 unspecified atom stereocenters. The fraction of sp³-hybridized carbons (Fsp3) is 0.176. The van der Waals surface area contributed by atoms with Crippen LogP contribution in [-0.2, 0) is 17.1 Å². The molecule has 28 heavy (non-hydrogen) atoms. The highest BCUT2D eigenvalue weighted by Crippen LogP contribution is 2.39. The number of imide groups is 1. The first-order chi connectivity index (χ1) is 13.0. The highest BCUT2D eigenvalue weighted by atomic mass is 32.2. The summed E-state index contributed by atoms with van der Waals surface area (Å²) >= 11 is 0.462. The van der Waals surface area contributed by atoms with Gasteiger partial charge in [0, 0.05) is 5.69 Å². The van der Waals surface area contributed by atoms with Crippen LogP contribution in [0.3, 0.4) is 0 Å². The van der Waals surface area contributed by atoms with Gasteiger partial charge in [0.25, 0.3) is 11.1 Å². The molecular weight excluding hydrogens is 410 g/mol. The number of halogens is 6. The Labute approximate surface area is 158 Å². The maximum Gasteiger partial charge on any atom is 0.416 e. The van der Waals surface area contributed by atoms with Crippen LogP contribution < -0.4 is 10.2 Å². The number of alkyl halides is 6. The Morgan fingerprint density at radius 1 is 0.857 bits per heavy atom. The number of benzene rings is 2. The molecule has 1 atom stereocenters. The standard InChI is InChI=1S/C17H10F6N2O2S/c18-16(19,20)9-6-10(17(21,22)23)8-11(7-9)24-13-14(26)25(15(27)28-13)12-4-2-1-3-5-12/h1-8,13,24H. The number of amides is 2. The minimum Gasteiger partial charge on any atom is -0.365 e. The zero-order valence-electron chi connectivity index (χ0n) is 13.6. The SMILES string of the molecule is O=C1SC(Nc2cc(C(F)(F)F)cc(C(F)(F)F)c2)C(=O)N1c1ccccc1. The zero-order valence-corrected chi connectivity index (χ0v) is 14.5. The van der Waals surface area contributed by atoms with Crippen LogP contribution in [0.2, 0.25) is 0 Å². The van der Waals surface area contributed by atoms with Crippen molar-refractivity contribution in [3.63, 3.8) is 0 Å². The van der Waals surface area contributed by atoms with Crippen molar-refractivity contribution < 1.29 is 35.9 Å². The van der Waals surface area contributed by atoms with E-state index in [1.165, 1.54) is 12.1 Å². The number of hydrogen-bond donors (Lipinski definition) is 1. The van der Waals surface area contributed by atoms with Crippen molar-refractivity contribution in [2.75, 3.05) is 10.2 Å². The minimum absolute atomic E-state index is 0.0176. The van der Waals surface area contributed by atoms with Gasteiger partial charge in [-0.2, -0.15) is 26.3 Å². The van der Waals surface area contributed by atoms with Crippen molar-refractivity contribution in [3.8, 4) is 0 Å². The van der Waals surface area contributed by atoms with Crippen LogP contribution in [0, 0.1) is 0 Å². The quantitative estimate of drug-likeness (QED) is 0.679. The van der Waals surface area contributed by atoms with Crippen molar-refractivity contribution in [2.45, 2.75) is 17.7 Å². The smallest absolute Gasteiger partial charge is 0.365 e. The number of carbonyl (C=O) groups is 2. The van der Waals surface area contributed by atoms with E-state index in [2.05, 4.69) is 5.32 Å². The maximum atomic E-state index is 12.9. The lowest BCUT2D eigenvalue weighted by molar-refractivity contribution is -0.143. The van der Waals surface area contributed by atoms with Gasteiger partial charge in [-0.05, 0) is 42.1 Å². The maximum absolute atomic E-state index is 12.9. The van der Waals surface area contributed by atoms with Gasteiger partial charge in [0.1, 0.15) is 0 Å². The van der Waals surface area contributed by atoms with Crippen LogP contribution in [0.15, 0.2) is 48.5 Å². The third-order valence-electron chi connectivity index (χ3n) is 3.75. The number of thioether (sulfide) groups is 1. The summed E-state index contributed by atoms with van der Waals surface area (Å²) in [6, 6.07) is 8.65. The predicted octanol–water partition coefficient (Wildman–Crippen LogP) is 5.36. The van der Waals surface area contributed by atoms with Gasteiger partial charge in [-0.1, -0.05) is 18.2 Å².